The first-order valence-electron chi connectivity index (χ1n) is 9.24. The Balaban J connectivity index is 1.39. The molecule has 27 heavy (non-hydrogen) atoms. The lowest BCUT2D eigenvalue weighted by molar-refractivity contribution is -0.137. The van der Waals surface area contributed by atoms with Crippen molar-refractivity contribution >= 4 is 11.4 Å². The number of rotatable bonds is 3. The van der Waals surface area contributed by atoms with Crippen molar-refractivity contribution in [2.45, 2.75) is 13.1 Å². The normalized spacial score (nSPS) is 22.2. The summed E-state index contributed by atoms with van der Waals surface area (Å²) in [6.45, 7) is 10.0. The summed E-state index contributed by atoms with van der Waals surface area (Å²) in [5.41, 5.74) is 3.73. The Morgan fingerprint density at radius 1 is 0.889 bits per heavy atom. The molecule has 142 valence electrons. The second-order valence-electron chi connectivity index (χ2n) is 7.69. The molecular weight excluding hydrogens is 349 g/mol. The van der Waals surface area contributed by atoms with E-state index in [0.29, 0.717) is 11.8 Å². The minimum atomic E-state index is -4.28. The van der Waals surface area contributed by atoms with E-state index in [4.69, 9.17) is 0 Å². The van der Waals surface area contributed by atoms with E-state index in [2.05, 4.69) is 47.6 Å². The van der Waals surface area contributed by atoms with Gasteiger partial charge in [0.05, 0.1) is 5.56 Å². The lowest BCUT2D eigenvalue weighted by atomic mass is 10.0. The molecule has 2 heterocycles. The van der Waals surface area contributed by atoms with Gasteiger partial charge < -0.3 is 9.80 Å². The van der Waals surface area contributed by atoms with Gasteiger partial charge in [-0.25, -0.2) is 0 Å². The summed E-state index contributed by atoms with van der Waals surface area (Å²) in [4.78, 5) is 4.56. The number of alkyl halides is 3. The molecule has 0 N–H and O–H groups in total. The molecule has 2 atom stereocenters. The van der Waals surface area contributed by atoms with Crippen molar-refractivity contribution in [3.05, 3.63) is 71.8 Å². The maximum atomic E-state index is 12.7. The Morgan fingerprint density at radius 2 is 1.44 bits per heavy atom. The van der Waals surface area contributed by atoms with E-state index in [1.165, 1.54) is 17.7 Å². The highest BCUT2D eigenvalue weighted by Crippen LogP contribution is 2.38. The zero-order chi connectivity index (χ0) is 19.2. The Bertz CT molecular complexity index is 810. The molecule has 0 spiro atoms. The number of hydrogen-bond acceptors (Lipinski definition) is 2. The Kier molecular flexibility index (Phi) is 4.41. The van der Waals surface area contributed by atoms with E-state index in [-0.39, 0.29) is 0 Å². The van der Waals surface area contributed by atoms with Gasteiger partial charge in [-0.3, -0.25) is 0 Å². The maximum absolute atomic E-state index is 12.7. The molecule has 2 aromatic carbocycles. The number of aryl methyl sites for hydroxylation is 1. The predicted molar refractivity (Wildman–Crippen MR) is 102 cm³/mol. The molecule has 4 rings (SSSR count). The third kappa shape index (κ3) is 3.55. The van der Waals surface area contributed by atoms with Crippen molar-refractivity contribution in [3.63, 3.8) is 0 Å². The highest BCUT2D eigenvalue weighted by molar-refractivity contribution is 5.62. The first-order valence-corrected chi connectivity index (χ1v) is 9.24. The van der Waals surface area contributed by atoms with Crippen LogP contribution in [0.4, 0.5) is 18.9 Å². The SMILES string of the molecule is C=C(c1ccc(C)cc1)N1CC2CN(c3ccc(C(F)(F)F)cc3)CC2C1. The molecule has 0 radical (unpaired) electrons. The number of nitrogens with zero attached hydrogens (tertiary/aromatic N) is 2. The molecule has 5 heteroatoms. The summed E-state index contributed by atoms with van der Waals surface area (Å²) < 4.78 is 38.2. The minimum absolute atomic E-state index is 0.523. The van der Waals surface area contributed by atoms with Crippen LogP contribution in [-0.4, -0.2) is 31.1 Å². The quantitative estimate of drug-likeness (QED) is 0.744. The second-order valence-corrected chi connectivity index (χ2v) is 7.69. The van der Waals surface area contributed by atoms with E-state index in [1.807, 2.05) is 0 Å². The lowest BCUT2D eigenvalue weighted by Crippen LogP contribution is -2.27. The molecule has 0 bridgehead atoms. The molecule has 2 fully saturated rings. The Labute approximate surface area is 157 Å². The Hall–Kier alpha value is -2.43. The van der Waals surface area contributed by atoms with Gasteiger partial charge >= 0.3 is 6.18 Å². The fraction of sp³-hybridized carbons (Fsp3) is 0.364. The van der Waals surface area contributed by atoms with Gasteiger partial charge in [-0.05, 0) is 36.8 Å². The largest absolute Gasteiger partial charge is 0.416 e. The summed E-state index contributed by atoms with van der Waals surface area (Å²) in [7, 11) is 0. The van der Waals surface area contributed by atoms with Gasteiger partial charge in [0.2, 0.25) is 0 Å². The topological polar surface area (TPSA) is 6.48 Å². The van der Waals surface area contributed by atoms with Gasteiger partial charge in [-0.2, -0.15) is 13.2 Å². The molecule has 0 saturated carbocycles. The summed E-state index contributed by atoms with van der Waals surface area (Å²) in [6.07, 6.45) is -4.28. The van der Waals surface area contributed by atoms with E-state index >= 15 is 0 Å². The van der Waals surface area contributed by atoms with Crippen molar-refractivity contribution in [3.8, 4) is 0 Å². The van der Waals surface area contributed by atoms with Crippen LogP contribution in [-0.2, 0) is 6.18 Å². The van der Waals surface area contributed by atoms with E-state index in [0.717, 1.165) is 43.1 Å². The third-order valence-corrected chi connectivity index (χ3v) is 5.81. The number of fused-ring (bicyclic) bond motifs is 1. The predicted octanol–water partition coefficient (Wildman–Crippen LogP) is 5.05. The molecular formula is C22H23F3N2. The first-order chi connectivity index (χ1) is 12.8. The van der Waals surface area contributed by atoms with Crippen LogP contribution >= 0.6 is 0 Å². The van der Waals surface area contributed by atoms with Crippen molar-refractivity contribution in [1.29, 1.82) is 0 Å². The number of likely N-dealkylation sites (tertiary alicyclic amines) is 1. The van der Waals surface area contributed by atoms with Crippen LogP contribution in [0.5, 0.6) is 0 Å². The molecule has 2 saturated heterocycles. The van der Waals surface area contributed by atoms with Gasteiger partial charge in [0.25, 0.3) is 0 Å². The summed E-state index contributed by atoms with van der Waals surface area (Å²) in [5.74, 6) is 1.05. The lowest BCUT2D eigenvalue weighted by Gasteiger charge is -2.26. The third-order valence-electron chi connectivity index (χ3n) is 5.81. The molecule has 2 nitrogen and oxygen atoms in total. The van der Waals surface area contributed by atoms with Crippen LogP contribution in [0, 0.1) is 18.8 Å². The van der Waals surface area contributed by atoms with E-state index < -0.39 is 11.7 Å². The molecule has 0 amide bonds. The number of benzene rings is 2. The summed E-state index contributed by atoms with van der Waals surface area (Å²) >= 11 is 0. The molecule has 2 aliphatic heterocycles. The second kappa shape index (κ2) is 6.63. The molecule has 2 unspecified atom stereocenters. The number of anilines is 1. The molecule has 0 aliphatic carbocycles. The fourth-order valence-electron chi connectivity index (χ4n) is 4.21. The first kappa shape index (κ1) is 18.0. The molecule has 2 aliphatic rings. The summed E-state index contributed by atoms with van der Waals surface area (Å²) in [6, 6.07) is 14.0. The van der Waals surface area contributed by atoms with E-state index in [1.54, 1.807) is 12.1 Å². The van der Waals surface area contributed by atoms with Gasteiger partial charge in [0.15, 0.2) is 0 Å². The highest BCUT2D eigenvalue weighted by atomic mass is 19.4. The van der Waals surface area contributed by atoms with Crippen LogP contribution in [0.2, 0.25) is 0 Å². The minimum Gasteiger partial charge on any atom is -0.371 e. The van der Waals surface area contributed by atoms with Crippen LogP contribution in [0.3, 0.4) is 0 Å². The van der Waals surface area contributed by atoms with Crippen molar-refractivity contribution in [1.82, 2.24) is 4.90 Å². The Morgan fingerprint density at radius 3 is 1.96 bits per heavy atom. The van der Waals surface area contributed by atoms with Gasteiger partial charge in [-0.15, -0.1) is 0 Å². The van der Waals surface area contributed by atoms with Crippen molar-refractivity contribution in [2.24, 2.45) is 11.8 Å². The number of hydrogen-bond donors (Lipinski definition) is 0. The van der Waals surface area contributed by atoms with Crippen molar-refractivity contribution < 1.29 is 13.2 Å². The van der Waals surface area contributed by atoms with Crippen LogP contribution in [0.25, 0.3) is 5.70 Å². The number of halogens is 3. The van der Waals surface area contributed by atoms with E-state index in [9.17, 15) is 13.2 Å². The average molecular weight is 372 g/mol. The summed E-state index contributed by atoms with van der Waals surface area (Å²) in [5, 5.41) is 0. The standard InChI is InChI=1S/C22H23F3N2/c1-15-3-5-17(6-4-15)16(2)26-11-18-13-27(14-19(18)12-26)21-9-7-20(8-10-21)22(23,24)25/h3-10,18-19H,2,11-14H2,1H3. The maximum Gasteiger partial charge on any atom is 0.416 e. The van der Waals surface area contributed by atoms with Crippen LogP contribution < -0.4 is 4.90 Å². The average Bonchev–Trinajstić information content (AvgIpc) is 3.20. The highest BCUT2D eigenvalue weighted by Gasteiger charge is 2.40. The van der Waals surface area contributed by atoms with Gasteiger partial charge in [0, 0.05) is 49.4 Å². The van der Waals surface area contributed by atoms with Crippen LogP contribution in [0.1, 0.15) is 16.7 Å². The van der Waals surface area contributed by atoms with Crippen LogP contribution in [0.15, 0.2) is 55.1 Å². The zero-order valence-corrected chi connectivity index (χ0v) is 15.3. The smallest absolute Gasteiger partial charge is 0.371 e. The monoisotopic (exact) mass is 372 g/mol. The molecule has 2 aromatic rings. The fourth-order valence-corrected chi connectivity index (χ4v) is 4.21. The van der Waals surface area contributed by atoms with Gasteiger partial charge in [0.1, 0.15) is 0 Å². The van der Waals surface area contributed by atoms with Gasteiger partial charge in [-0.1, -0.05) is 36.4 Å². The zero-order valence-electron chi connectivity index (χ0n) is 15.3. The molecule has 0 aromatic heterocycles. The van der Waals surface area contributed by atoms with Crippen molar-refractivity contribution in [2.75, 3.05) is 31.1 Å².